The highest BCUT2D eigenvalue weighted by Gasteiger charge is 2.46. The second-order valence-electron chi connectivity index (χ2n) is 9.41. The normalized spacial score (nSPS) is 20.7. The number of hydrogen-bond donors (Lipinski definition) is 1. The second-order valence-corrected chi connectivity index (χ2v) is 10.5. The maximum atomic E-state index is 10.1. The van der Waals surface area contributed by atoms with Crippen LogP contribution in [0.25, 0.3) is 10.9 Å². The second kappa shape index (κ2) is 7.63. The maximum absolute atomic E-state index is 10.1. The molecule has 5 heteroatoms. The molecule has 0 saturated carbocycles. The van der Waals surface area contributed by atoms with Crippen LogP contribution in [0.15, 0.2) is 83.9 Å². The van der Waals surface area contributed by atoms with Gasteiger partial charge in [0.05, 0.1) is 11.1 Å². The highest BCUT2D eigenvalue weighted by molar-refractivity contribution is 8.15. The van der Waals surface area contributed by atoms with Crippen LogP contribution in [0.3, 0.4) is 0 Å². The first kappa shape index (κ1) is 20.3. The van der Waals surface area contributed by atoms with E-state index in [1.165, 1.54) is 11.1 Å². The number of fused-ring (bicyclic) bond motifs is 4. The Bertz CT molecular complexity index is 1410. The smallest absolute Gasteiger partial charge is 0.219 e. The van der Waals surface area contributed by atoms with E-state index in [0.29, 0.717) is 22.4 Å². The number of aromatic nitrogens is 1. The third-order valence-electron chi connectivity index (χ3n) is 6.55. The van der Waals surface area contributed by atoms with Gasteiger partial charge in [0.1, 0.15) is 17.0 Å². The van der Waals surface area contributed by atoms with Crippen molar-refractivity contribution in [3.63, 3.8) is 0 Å². The van der Waals surface area contributed by atoms with Crippen LogP contribution in [-0.2, 0) is 6.42 Å². The number of hydrogen-bond acceptors (Lipinski definition) is 5. The van der Waals surface area contributed by atoms with Crippen molar-refractivity contribution >= 4 is 27.7 Å². The topological polar surface area (TPSA) is 54.7 Å². The summed E-state index contributed by atoms with van der Waals surface area (Å²) in [5, 5.41) is 12.5. The first-order valence-electron chi connectivity index (χ1n) is 11.2. The van der Waals surface area contributed by atoms with Gasteiger partial charge in [-0.3, -0.25) is 4.99 Å². The zero-order valence-electron chi connectivity index (χ0n) is 18.5. The van der Waals surface area contributed by atoms with E-state index in [0.717, 1.165) is 22.4 Å². The zero-order chi connectivity index (χ0) is 22.6. The molecule has 4 aromatic rings. The van der Waals surface area contributed by atoms with Crippen LogP contribution in [0.2, 0.25) is 0 Å². The van der Waals surface area contributed by atoms with Crippen LogP contribution >= 0.6 is 11.8 Å². The molecule has 2 heterocycles. The fourth-order valence-corrected chi connectivity index (χ4v) is 6.35. The average molecular weight is 453 g/mol. The molecule has 0 fully saturated rings. The van der Waals surface area contributed by atoms with Crippen molar-refractivity contribution in [2.75, 3.05) is 0 Å². The number of benzene rings is 3. The summed E-state index contributed by atoms with van der Waals surface area (Å²) >= 11 is 1.88. The number of rotatable bonds is 3. The number of phenols is 1. The van der Waals surface area contributed by atoms with Crippen LogP contribution in [0.4, 0.5) is 0 Å². The number of ether oxygens (including phenoxy) is 1. The van der Waals surface area contributed by atoms with Crippen molar-refractivity contribution in [3.8, 4) is 17.4 Å². The molecule has 4 nitrogen and oxygen atoms in total. The Kier molecular flexibility index (Phi) is 4.70. The van der Waals surface area contributed by atoms with Crippen LogP contribution in [0.1, 0.15) is 36.6 Å². The van der Waals surface area contributed by atoms with Gasteiger partial charge in [0.15, 0.2) is 0 Å². The van der Waals surface area contributed by atoms with Crippen molar-refractivity contribution < 1.29 is 9.84 Å². The molecule has 6 rings (SSSR count). The zero-order valence-corrected chi connectivity index (χ0v) is 19.3. The maximum Gasteiger partial charge on any atom is 0.219 e. The van der Waals surface area contributed by atoms with E-state index in [1.807, 2.05) is 48.2 Å². The van der Waals surface area contributed by atoms with Gasteiger partial charge in [0.25, 0.3) is 0 Å². The Labute approximate surface area is 197 Å². The average Bonchev–Trinajstić information content (AvgIpc) is 3.27. The molecule has 0 amide bonds. The third-order valence-corrected chi connectivity index (χ3v) is 8.26. The molecule has 0 spiro atoms. The summed E-state index contributed by atoms with van der Waals surface area (Å²) in [7, 11) is 0. The van der Waals surface area contributed by atoms with E-state index in [-0.39, 0.29) is 17.2 Å². The lowest BCUT2D eigenvalue weighted by Crippen LogP contribution is -2.36. The molecule has 0 saturated heterocycles. The van der Waals surface area contributed by atoms with Gasteiger partial charge in [0, 0.05) is 22.3 Å². The SMILES string of the molecule is CC1(C)Cc2ccccc2[C@@H]2N=C(c3cccc(Oc4ccc5cccc(O)c5n4)c3)S[C@H]21. The minimum Gasteiger partial charge on any atom is -0.506 e. The summed E-state index contributed by atoms with van der Waals surface area (Å²) in [6, 6.07) is 26.0. The van der Waals surface area contributed by atoms with Crippen molar-refractivity contribution in [2.24, 2.45) is 10.4 Å². The molecule has 0 radical (unpaired) electrons. The van der Waals surface area contributed by atoms with Gasteiger partial charge in [-0.15, -0.1) is 0 Å². The molecule has 0 bridgehead atoms. The summed E-state index contributed by atoms with van der Waals surface area (Å²) in [4.78, 5) is 9.69. The van der Waals surface area contributed by atoms with E-state index in [1.54, 1.807) is 12.1 Å². The lowest BCUT2D eigenvalue weighted by atomic mass is 9.71. The Morgan fingerprint density at radius 2 is 1.82 bits per heavy atom. The lowest BCUT2D eigenvalue weighted by molar-refractivity contribution is 0.301. The van der Waals surface area contributed by atoms with E-state index in [9.17, 15) is 5.11 Å². The number of nitrogens with zero attached hydrogens (tertiary/aromatic N) is 2. The van der Waals surface area contributed by atoms with Crippen molar-refractivity contribution in [2.45, 2.75) is 31.6 Å². The van der Waals surface area contributed by atoms with E-state index >= 15 is 0 Å². The van der Waals surface area contributed by atoms with Crippen molar-refractivity contribution in [1.82, 2.24) is 4.98 Å². The number of aromatic hydroxyl groups is 1. The third kappa shape index (κ3) is 3.57. The Hall–Kier alpha value is -3.31. The quantitative estimate of drug-likeness (QED) is 0.367. The lowest BCUT2D eigenvalue weighted by Gasteiger charge is -2.40. The molecule has 1 N–H and O–H groups in total. The molecular formula is C28H24N2O2S. The highest BCUT2D eigenvalue weighted by atomic mass is 32.2. The number of aliphatic imine (C=N–C) groups is 1. The van der Waals surface area contributed by atoms with E-state index < -0.39 is 0 Å². The first-order valence-corrected chi connectivity index (χ1v) is 12.1. The Balaban J connectivity index is 1.31. The monoisotopic (exact) mass is 452 g/mol. The summed E-state index contributed by atoms with van der Waals surface area (Å²) in [6.07, 6.45) is 1.07. The fraction of sp³-hybridized carbons (Fsp3) is 0.214. The number of pyridine rings is 1. The minimum absolute atomic E-state index is 0.147. The predicted molar refractivity (Wildman–Crippen MR) is 135 cm³/mol. The molecule has 2 atom stereocenters. The number of para-hydroxylation sites is 1. The van der Waals surface area contributed by atoms with Gasteiger partial charge in [-0.1, -0.05) is 74.1 Å². The molecule has 3 aromatic carbocycles. The Morgan fingerprint density at radius 1 is 0.970 bits per heavy atom. The standard InChI is InChI=1S/C28H24N2O2S/c1-28(2)16-19-7-3-4-11-21(19)25-26(28)33-27(30-25)18-9-5-10-20(15-18)32-23-14-13-17-8-6-12-22(31)24(17)29-23/h3-15,25-26,31H,16H2,1-2H3/t25-,26+/m0/s1. The van der Waals surface area contributed by atoms with Gasteiger partial charge in [0.2, 0.25) is 5.88 Å². The molecule has 1 aliphatic carbocycles. The summed E-state index contributed by atoms with van der Waals surface area (Å²) < 4.78 is 6.07. The van der Waals surface area contributed by atoms with Crippen LogP contribution < -0.4 is 4.74 Å². The molecular weight excluding hydrogens is 428 g/mol. The van der Waals surface area contributed by atoms with Crippen molar-refractivity contribution in [1.29, 1.82) is 0 Å². The largest absolute Gasteiger partial charge is 0.506 e. The summed E-state index contributed by atoms with van der Waals surface area (Å²) in [5.74, 6) is 1.30. The molecule has 0 unspecified atom stereocenters. The van der Waals surface area contributed by atoms with Gasteiger partial charge in [-0.25, -0.2) is 4.98 Å². The van der Waals surface area contributed by atoms with E-state index in [2.05, 4.69) is 49.2 Å². The molecule has 33 heavy (non-hydrogen) atoms. The Morgan fingerprint density at radius 3 is 2.73 bits per heavy atom. The number of thioether (sulfide) groups is 1. The van der Waals surface area contributed by atoms with Crippen LogP contribution in [0, 0.1) is 5.41 Å². The molecule has 2 aliphatic rings. The van der Waals surface area contributed by atoms with Gasteiger partial charge >= 0.3 is 0 Å². The minimum atomic E-state index is 0.147. The highest BCUT2D eigenvalue weighted by Crippen LogP contribution is 2.53. The van der Waals surface area contributed by atoms with Crippen molar-refractivity contribution in [3.05, 3.63) is 95.6 Å². The van der Waals surface area contributed by atoms with Gasteiger partial charge in [-0.2, -0.15) is 0 Å². The summed E-state index contributed by atoms with van der Waals surface area (Å²) in [6.45, 7) is 4.71. The van der Waals surface area contributed by atoms with E-state index in [4.69, 9.17) is 9.73 Å². The van der Waals surface area contributed by atoms with Crippen LogP contribution in [0.5, 0.6) is 17.4 Å². The fourth-order valence-electron chi connectivity index (χ4n) is 4.93. The van der Waals surface area contributed by atoms with Gasteiger partial charge in [-0.05, 0) is 47.2 Å². The molecule has 1 aromatic heterocycles. The summed E-state index contributed by atoms with van der Waals surface area (Å²) in [5.41, 5.74) is 4.53. The predicted octanol–water partition coefficient (Wildman–Crippen LogP) is 6.92. The van der Waals surface area contributed by atoms with Crippen LogP contribution in [-0.4, -0.2) is 20.4 Å². The molecule has 164 valence electrons. The molecule has 1 aliphatic heterocycles. The number of phenolic OH excluding ortho intramolecular Hbond substituents is 1. The first-order chi connectivity index (χ1) is 16.0. The van der Waals surface area contributed by atoms with Gasteiger partial charge < -0.3 is 9.84 Å².